The van der Waals surface area contributed by atoms with Crippen LogP contribution in [0, 0.1) is 6.92 Å². The molecule has 3 N–H and O–H groups in total. The summed E-state index contributed by atoms with van der Waals surface area (Å²) in [6.45, 7) is 5.85. The van der Waals surface area contributed by atoms with Gasteiger partial charge in [0, 0.05) is 5.82 Å². The Labute approximate surface area is 60.0 Å². The van der Waals surface area contributed by atoms with E-state index in [4.69, 9.17) is 0 Å². The lowest BCUT2D eigenvalue weighted by atomic mass is 10.5. The van der Waals surface area contributed by atoms with E-state index in [1.807, 2.05) is 0 Å². The van der Waals surface area contributed by atoms with Gasteiger partial charge in [-0.05, 0) is 20.8 Å². The quantitative estimate of drug-likeness (QED) is 0.493. The molecule has 1 heterocycles. The molecule has 10 heavy (non-hydrogen) atoms. The van der Waals surface area contributed by atoms with E-state index < -0.39 is 0 Å². The van der Waals surface area contributed by atoms with Crippen molar-refractivity contribution in [2.45, 2.75) is 26.8 Å². The molecule has 0 aromatic carbocycles. The Hall–Kier alpha value is -0.970. The number of hydrogen-bond acceptors (Lipinski definition) is 3. The van der Waals surface area contributed by atoms with Crippen molar-refractivity contribution in [2.24, 2.45) is 0 Å². The molecule has 1 aromatic heterocycles. The second-order valence-corrected chi connectivity index (χ2v) is 2.32. The van der Waals surface area contributed by atoms with Gasteiger partial charge < -0.3 is 10.8 Å². The Morgan fingerprint density at radius 1 is 1.50 bits per heavy atom. The summed E-state index contributed by atoms with van der Waals surface area (Å²) in [6, 6.07) is 0.583. The Balaban J connectivity index is 0.000000180. The Bertz CT molecular complexity index is 142. The van der Waals surface area contributed by atoms with Gasteiger partial charge in [0.25, 0.3) is 0 Å². The second kappa shape index (κ2) is 4.87. The van der Waals surface area contributed by atoms with E-state index in [9.17, 15) is 0 Å². The van der Waals surface area contributed by atoms with E-state index in [0.717, 1.165) is 0 Å². The van der Waals surface area contributed by atoms with Gasteiger partial charge in [-0.3, -0.25) is 10.3 Å². The van der Waals surface area contributed by atoms with Gasteiger partial charge in [0.1, 0.15) is 0 Å². The van der Waals surface area contributed by atoms with Crippen molar-refractivity contribution in [2.75, 3.05) is 0 Å². The normalized spacial score (nSPS) is 8.90. The Morgan fingerprint density at radius 2 is 2.00 bits per heavy atom. The predicted octanol–water partition coefficient (Wildman–Crippen LogP) is -1.23. The number of rotatable bonds is 0. The van der Waals surface area contributed by atoms with Crippen LogP contribution in [0.5, 0.6) is 0 Å². The third-order valence-corrected chi connectivity index (χ3v) is 0.419. The maximum atomic E-state index is 3.64. The van der Waals surface area contributed by atoms with Gasteiger partial charge >= 0.3 is 0 Å². The molecule has 1 aromatic rings. The molecule has 0 fully saturated rings. The highest BCUT2D eigenvalue weighted by Gasteiger charge is 1.72. The van der Waals surface area contributed by atoms with Crippen molar-refractivity contribution >= 4 is 0 Å². The van der Waals surface area contributed by atoms with Crippen molar-refractivity contribution in [3.8, 4) is 0 Å². The molecule has 0 spiro atoms. The first-order chi connectivity index (χ1) is 4.63. The summed E-state index contributed by atoms with van der Waals surface area (Å²) < 4.78 is 0. The molecule has 0 unspecified atom stereocenters. The Kier molecular flexibility index (Phi) is 4.39. The summed E-state index contributed by atoms with van der Waals surface area (Å²) >= 11 is 0. The molecule has 5 heteroatoms. The molecule has 0 bridgehead atoms. The minimum absolute atomic E-state index is 0.583. The number of nitrogens with zero attached hydrogens (tertiary/aromatic N) is 4. The minimum Gasteiger partial charge on any atom is -0.356 e. The van der Waals surface area contributed by atoms with Gasteiger partial charge in [-0.15, -0.1) is 0 Å². The molecule has 0 aliphatic heterocycles. The van der Waals surface area contributed by atoms with Gasteiger partial charge in [0.05, 0.1) is 6.04 Å². The molecular formula is C5H13N5. The Morgan fingerprint density at radius 3 is 2.10 bits per heavy atom. The third-order valence-electron chi connectivity index (χ3n) is 0.419. The topological polar surface area (TPSA) is 80.4 Å². The van der Waals surface area contributed by atoms with Crippen molar-refractivity contribution < 1.29 is 5.73 Å². The number of aryl methyl sites for hydroxylation is 1. The van der Waals surface area contributed by atoms with E-state index in [1.165, 1.54) is 0 Å². The number of aromatic nitrogens is 4. The highest BCUT2D eigenvalue weighted by molar-refractivity contribution is 4.63. The molecule has 58 valence electrons. The predicted molar refractivity (Wildman–Crippen MR) is 35.9 cm³/mol. The fourth-order valence-corrected chi connectivity index (χ4v) is 0.189. The number of hydrogen-bond donors (Lipinski definition) is 1. The maximum absolute atomic E-state index is 3.64. The molecule has 0 aliphatic rings. The van der Waals surface area contributed by atoms with Crippen LogP contribution in [0.25, 0.3) is 0 Å². The maximum Gasteiger partial charge on any atom is 0.0786 e. The first-order valence-electron chi connectivity index (χ1n) is 3.11. The van der Waals surface area contributed by atoms with E-state index in [-0.39, 0.29) is 0 Å². The molecule has 0 radical (unpaired) electrons. The average molecular weight is 143 g/mol. The van der Waals surface area contributed by atoms with Crippen LogP contribution in [0.4, 0.5) is 0 Å². The molecule has 0 aliphatic carbocycles. The van der Waals surface area contributed by atoms with Gasteiger partial charge in [0.15, 0.2) is 0 Å². The van der Waals surface area contributed by atoms with Gasteiger partial charge in [-0.2, -0.15) is 5.21 Å². The molecule has 1 rings (SSSR count). The summed E-state index contributed by atoms with van der Waals surface area (Å²) in [4.78, 5) is 0. The van der Waals surface area contributed by atoms with Gasteiger partial charge in [-0.25, -0.2) is 0 Å². The highest BCUT2D eigenvalue weighted by atomic mass is 15.5. The number of tetrazole rings is 1. The zero-order valence-corrected chi connectivity index (χ0v) is 6.57. The highest BCUT2D eigenvalue weighted by Crippen LogP contribution is 1.67. The first kappa shape index (κ1) is 9.03. The lowest BCUT2D eigenvalue weighted by Gasteiger charge is -1.77. The zero-order valence-electron chi connectivity index (χ0n) is 6.57. The van der Waals surface area contributed by atoms with E-state index in [1.54, 1.807) is 6.92 Å². The van der Waals surface area contributed by atoms with Crippen molar-refractivity contribution in [1.29, 1.82) is 0 Å². The van der Waals surface area contributed by atoms with Crippen LogP contribution in [0.15, 0.2) is 0 Å². The van der Waals surface area contributed by atoms with Crippen LogP contribution in [0.3, 0.4) is 0 Å². The summed E-state index contributed by atoms with van der Waals surface area (Å²) in [7, 11) is 0. The van der Waals surface area contributed by atoms with Crippen molar-refractivity contribution in [1.82, 2.24) is 20.6 Å². The van der Waals surface area contributed by atoms with E-state index in [0.29, 0.717) is 11.9 Å². The number of quaternary nitrogens is 1. The molecular weight excluding hydrogens is 130 g/mol. The largest absolute Gasteiger partial charge is 0.356 e. The molecule has 0 saturated heterocycles. The molecule has 5 nitrogen and oxygen atoms in total. The van der Waals surface area contributed by atoms with Crippen LogP contribution in [-0.4, -0.2) is 21.6 Å². The summed E-state index contributed by atoms with van der Waals surface area (Å²) in [5, 5.41) is 13.3. The molecule has 0 amide bonds. The van der Waals surface area contributed by atoms with Gasteiger partial charge in [-0.1, -0.05) is 0 Å². The average Bonchev–Trinajstić information content (AvgIpc) is 2.15. The van der Waals surface area contributed by atoms with Crippen LogP contribution < -0.4 is 10.8 Å². The van der Waals surface area contributed by atoms with Gasteiger partial charge in [0.2, 0.25) is 0 Å². The van der Waals surface area contributed by atoms with Crippen LogP contribution >= 0.6 is 0 Å². The summed E-state index contributed by atoms with van der Waals surface area (Å²) in [6.07, 6.45) is 0. The lowest BCUT2D eigenvalue weighted by Crippen LogP contribution is -2.57. The summed E-state index contributed by atoms with van der Waals surface area (Å²) in [5.41, 5.74) is 3.64. The standard InChI is InChI=1S/C3H9N.C2H3N4/c1-3(2)4;1-2-3-5-6-4-2/h3H,4H2,1-2H3;1H3/q;-1/p+1. The van der Waals surface area contributed by atoms with Crippen molar-refractivity contribution in [3.63, 3.8) is 0 Å². The fourth-order valence-electron chi connectivity index (χ4n) is 0.189. The third kappa shape index (κ3) is 7.03. The first-order valence-corrected chi connectivity index (χ1v) is 3.11. The minimum atomic E-state index is 0.583. The van der Waals surface area contributed by atoms with E-state index >= 15 is 0 Å². The van der Waals surface area contributed by atoms with Crippen LogP contribution in [0.2, 0.25) is 0 Å². The SMILES string of the molecule is CC(C)[NH3+].Cc1nnn[n-]1. The second-order valence-electron chi connectivity index (χ2n) is 2.32. The van der Waals surface area contributed by atoms with Crippen LogP contribution in [0.1, 0.15) is 19.7 Å². The van der Waals surface area contributed by atoms with Crippen LogP contribution in [-0.2, 0) is 0 Å². The van der Waals surface area contributed by atoms with Crippen molar-refractivity contribution in [3.05, 3.63) is 5.82 Å². The van der Waals surface area contributed by atoms with E-state index in [2.05, 4.69) is 40.2 Å². The monoisotopic (exact) mass is 143 g/mol. The lowest BCUT2D eigenvalue weighted by molar-refractivity contribution is -0.407. The zero-order chi connectivity index (χ0) is 7.98. The molecule has 0 saturated carbocycles. The smallest absolute Gasteiger partial charge is 0.0786 e. The summed E-state index contributed by atoms with van der Waals surface area (Å²) in [5.74, 6) is 0.620. The fraction of sp³-hybridized carbons (Fsp3) is 0.800. The molecule has 0 atom stereocenters.